The second-order valence-electron chi connectivity index (χ2n) is 5.24. The molecule has 0 aliphatic heterocycles. The molecule has 0 radical (unpaired) electrons. The zero-order valence-corrected chi connectivity index (χ0v) is 10.9. The fourth-order valence-electron chi connectivity index (χ4n) is 2.43. The fraction of sp³-hybridized carbons (Fsp3) is 0.250. The Morgan fingerprint density at radius 3 is 2.56 bits per heavy atom. The van der Waals surface area contributed by atoms with Gasteiger partial charge in [0.2, 0.25) is 0 Å². The lowest BCUT2D eigenvalue weighted by Crippen LogP contribution is -1.85. The Bertz CT molecular complexity index is 738. The highest BCUT2D eigenvalue weighted by molar-refractivity contribution is 6.09. The van der Waals surface area contributed by atoms with E-state index < -0.39 is 0 Å². The van der Waals surface area contributed by atoms with Crippen LogP contribution >= 0.6 is 0 Å². The lowest BCUT2D eigenvalue weighted by atomic mass is 10.0. The molecule has 2 nitrogen and oxygen atoms in total. The molecule has 0 saturated carbocycles. The van der Waals surface area contributed by atoms with Crippen LogP contribution in [0.15, 0.2) is 30.3 Å². The average Bonchev–Trinajstić information content (AvgIpc) is 2.72. The first-order valence-electron chi connectivity index (χ1n) is 6.32. The number of nitrogens with one attached hydrogen (secondary N) is 1. The van der Waals surface area contributed by atoms with Gasteiger partial charge in [-0.25, -0.2) is 0 Å². The van der Waals surface area contributed by atoms with Gasteiger partial charge < -0.3 is 10.1 Å². The third-order valence-electron chi connectivity index (χ3n) is 3.64. The first-order chi connectivity index (χ1) is 8.58. The number of phenols is 1. The summed E-state index contributed by atoms with van der Waals surface area (Å²) >= 11 is 0. The summed E-state index contributed by atoms with van der Waals surface area (Å²) in [5, 5.41) is 12.4. The second-order valence-corrected chi connectivity index (χ2v) is 5.24. The second kappa shape index (κ2) is 3.77. The average molecular weight is 239 g/mol. The van der Waals surface area contributed by atoms with Crippen molar-refractivity contribution in [3.8, 4) is 5.75 Å². The highest BCUT2D eigenvalue weighted by atomic mass is 16.3. The third-order valence-corrected chi connectivity index (χ3v) is 3.64. The van der Waals surface area contributed by atoms with Crippen LogP contribution in [0.5, 0.6) is 5.75 Å². The fourth-order valence-corrected chi connectivity index (χ4v) is 2.43. The van der Waals surface area contributed by atoms with Crippen molar-refractivity contribution in [1.29, 1.82) is 0 Å². The topological polar surface area (TPSA) is 36.0 Å². The number of hydrogen-bond donors (Lipinski definition) is 2. The minimum atomic E-state index is 0.356. The number of phenolic OH excluding ortho intramolecular Hbond substituents is 1. The number of aromatic amines is 1. The predicted molar refractivity (Wildman–Crippen MR) is 76.3 cm³/mol. The van der Waals surface area contributed by atoms with Gasteiger partial charge in [0.25, 0.3) is 0 Å². The van der Waals surface area contributed by atoms with Gasteiger partial charge >= 0.3 is 0 Å². The van der Waals surface area contributed by atoms with Gasteiger partial charge in [0.1, 0.15) is 5.75 Å². The van der Waals surface area contributed by atoms with Crippen LogP contribution in [-0.2, 0) is 0 Å². The number of fused-ring (bicyclic) bond motifs is 3. The van der Waals surface area contributed by atoms with E-state index in [0.29, 0.717) is 11.7 Å². The lowest BCUT2D eigenvalue weighted by Gasteiger charge is -2.04. The maximum Gasteiger partial charge on any atom is 0.142 e. The zero-order chi connectivity index (χ0) is 12.9. The highest BCUT2D eigenvalue weighted by Crippen LogP contribution is 2.34. The van der Waals surface area contributed by atoms with E-state index >= 15 is 0 Å². The van der Waals surface area contributed by atoms with E-state index in [1.807, 2.05) is 13.0 Å². The molecule has 0 aliphatic carbocycles. The van der Waals surface area contributed by atoms with Crippen LogP contribution in [0.3, 0.4) is 0 Å². The Balaban J connectivity index is 2.42. The van der Waals surface area contributed by atoms with E-state index in [9.17, 15) is 5.11 Å². The van der Waals surface area contributed by atoms with Crippen molar-refractivity contribution < 1.29 is 5.11 Å². The molecule has 18 heavy (non-hydrogen) atoms. The Labute approximate surface area is 106 Å². The first kappa shape index (κ1) is 11.1. The van der Waals surface area contributed by atoms with Crippen molar-refractivity contribution in [2.75, 3.05) is 0 Å². The number of aromatic hydroxyl groups is 1. The van der Waals surface area contributed by atoms with Gasteiger partial charge in [-0.1, -0.05) is 32.0 Å². The predicted octanol–water partition coefficient (Wildman–Crippen LogP) is 4.46. The minimum absolute atomic E-state index is 0.356. The van der Waals surface area contributed by atoms with Crippen LogP contribution in [0.2, 0.25) is 0 Å². The molecule has 0 saturated heterocycles. The van der Waals surface area contributed by atoms with E-state index in [1.54, 1.807) is 0 Å². The Morgan fingerprint density at radius 2 is 1.83 bits per heavy atom. The quantitative estimate of drug-likeness (QED) is 0.646. The smallest absolute Gasteiger partial charge is 0.142 e. The van der Waals surface area contributed by atoms with Gasteiger partial charge in [-0.3, -0.25) is 0 Å². The third kappa shape index (κ3) is 1.49. The van der Waals surface area contributed by atoms with Crippen LogP contribution in [-0.4, -0.2) is 10.1 Å². The molecule has 2 heteroatoms. The van der Waals surface area contributed by atoms with Gasteiger partial charge in [-0.2, -0.15) is 0 Å². The normalized spacial score (nSPS) is 11.8. The summed E-state index contributed by atoms with van der Waals surface area (Å²) in [6.45, 7) is 6.30. The van der Waals surface area contributed by atoms with Crippen LogP contribution in [0.25, 0.3) is 21.8 Å². The number of benzene rings is 2. The van der Waals surface area contributed by atoms with Gasteiger partial charge in [0, 0.05) is 16.3 Å². The SMILES string of the molecule is Cc1ccc2c([nH]c3ccc(C(C)C)cc32)c1O. The minimum Gasteiger partial charge on any atom is -0.505 e. The van der Waals surface area contributed by atoms with Crippen molar-refractivity contribution in [2.45, 2.75) is 26.7 Å². The number of hydrogen-bond acceptors (Lipinski definition) is 1. The van der Waals surface area contributed by atoms with E-state index in [1.165, 1.54) is 10.9 Å². The Morgan fingerprint density at radius 1 is 1.06 bits per heavy atom. The highest BCUT2D eigenvalue weighted by Gasteiger charge is 2.10. The number of aryl methyl sites for hydroxylation is 1. The lowest BCUT2D eigenvalue weighted by molar-refractivity contribution is 0.476. The summed E-state index contributed by atoms with van der Waals surface area (Å²) in [5.41, 5.74) is 4.14. The standard InChI is InChI=1S/C16H17NO/c1-9(2)11-5-7-14-13(8-11)12-6-4-10(3)16(18)15(12)17-14/h4-9,17-18H,1-3H3. The van der Waals surface area contributed by atoms with E-state index in [4.69, 9.17) is 0 Å². The molecule has 0 unspecified atom stereocenters. The van der Waals surface area contributed by atoms with E-state index in [2.05, 4.69) is 43.1 Å². The van der Waals surface area contributed by atoms with Gasteiger partial charge in [-0.15, -0.1) is 0 Å². The monoisotopic (exact) mass is 239 g/mol. The van der Waals surface area contributed by atoms with Crippen LogP contribution in [0, 0.1) is 6.92 Å². The Kier molecular flexibility index (Phi) is 2.34. The molecule has 1 aromatic heterocycles. The van der Waals surface area contributed by atoms with Crippen LogP contribution < -0.4 is 0 Å². The van der Waals surface area contributed by atoms with Crippen molar-refractivity contribution >= 4 is 21.8 Å². The van der Waals surface area contributed by atoms with Crippen LogP contribution in [0.4, 0.5) is 0 Å². The summed E-state index contributed by atoms with van der Waals surface area (Å²) < 4.78 is 0. The molecule has 3 rings (SSSR count). The van der Waals surface area contributed by atoms with E-state index in [-0.39, 0.29) is 0 Å². The molecule has 0 amide bonds. The largest absolute Gasteiger partial charge is 0.505 e. The van der Waals surface area contributed by atoms with Crippen LogP contribution in [0.1, 0.15) is 30.9 Å². The molecule has 2 N–H and O–H groups in total. The maximum atomic E-state index is 10.1. The summed E-state index contributed by atoms with van der Waals surface area (Å²) in [7, 11) is 0. The summed E-state index contributed by atoms with van der Waals surface area (Å²) in [4.78, 5) is 3.30. The van der Waals surface area contributed by atoms with Gasteiger partial charge in [0.15, 0.2) is 0 Å². The van der Waals surface area contributed by atoms with Crippen molar-refractivity contribution in [2.24, 2.45) is 0 Å². The maximum absolute atomic E-state index is 10.1. The molecule has 1 heterocycles. The molecule has 3 aromatic rings. The summed E-state index contributed by atoms with van der Waals surface area (Å²) in [6.07, 6.45) is 0. The summed E-state index contributed by atoms with van der Waals surface area (Å²) in [5.74, 6) is 0.869. The molecule has 0 fully saturated rings. The van der Waals surface area contributed by atoms with Crippen molar-refractivity contribution in [1.82, 2.24) is 4.98 Å². The molecular weight excluding hydrogens is 222 g/mol. The summed E-state index contributed by atoms with van der Waals surface area (Å²) in [6, 6.07) is 10.5. The molecular formula is C16H17NO. The molecule has 2 aromatic carbocycles. The van der Waals surface area contributed by atoms with Gasteiger partial charge in [0.05, 0.1) is 5.52 Å². The van der Waals surface area contributed by atoms with Crippen molar-refractivity contribution in [3.05, 3.63) is 41.5 Å². The molecule has 0 spiro atoms. The number of H-pyrrole nitrogens is 1. The zero-order valence-electron chi connectivity index (χ0n) is 10.9. The van der Waals surface area contributed by atoms with E-state index in [0.717, 1.165) is 22.0 Å². The molecule has 0 bridgehead atoms. The van der Waals surface area contributed by atoms with Gasteiger partial charge in [-0.05, 0) is 36.1 Å². The molecule has 0 atom stereocenters. The first-order valence-corrected chi connectivity index (χ1v) is 6.32. The number of rotatable bonds is 1. The number of aromatic nitrogens is 1. The van der Waals surface area contributed by atoms with Crippen molar-refractivity contribution in [3.63, 3.8) is 0 Å². The molecule has 0 aliphatic rings. The Hall–Kier alpha value is -1.96. The molecule has 92 valence electrons.